The summed E-state index contributed by atoms with van der Waals surface area (Å²) in [6.07, 6.45) is 11.9. The standard InChI is InChI=1S/C22H36O2/c1-14-8-10-21(2)15(12-14)4-5-16-17-6-7-19(20(24)13-23)22(17,3)11-9-18(16)21/h14-19,23H,4-13H2,1-3H3/t14-,15?,16-,17?,18?,19+,21-,22-/m0/s1. The molecule has 0 spiro atoms. The molecule has 0 heterocycles. The average Bonchev–Trinajstić information content (AvgIpc) is 2.92. The van der Waals surface area contributed by atoms with E-state index in [4.69, 9.17) is 0 Å². The molecule has 4 aliphatic rings. The van der Waals surface area contributed by atoms with Crippen LogP contribution in [-0.2, 0) is 4.79 Å². The van der Waals surface area contributed by atoms with Crippen molar-refractivity contribution in [2.45, 2.75) is 78.6 Å². The fourth-order valence-corrected chi connectivity index (χ4v) is 8.11. The molecule has 4 saturated carbocycles. The van der Waals surface area contributed by atoms with Crippen molar-refractivity contribution in [3.05, 3.63) is 0 Å². The minimum Gasteiger partial charge on any atom is -0.389 e. The third kappa shape index (κ3) is 2.27. The molecule has 0 radical (unpaired) electrons. The van der Waals surface area contributed by atoms with E-state index in [1.54, 1.807) is 0 Å². The Morgan fingerprint density at radius 1 is 0.958 bits per heavy atom. The van der Waals surface area contributed by atoms with Crippen LogP contribution in [0.1, 0.15) is 78.6 Å². The molecule has 0 amide bonds. The van der Waals surface area contributed by atoms with Gasteiger partial charge in [-0.1, -0.05) is 27.2 Å². The summed E-state index contributed by atoms with van der Waals surface area (Å²) in [6, 6.07) is 0. The minimum absolute atomic E-state index is 0.116. The molecule has 4 fully saturated rings. The first-order chi connectivity index (χ1) is 11.4. The molecule has 0 saturated heterocycles. The second-order valence-corrected chi connectivity index (χ2v) is 10.3. The molecular formula is C22H36O2. The number of carbonyl (C=O) groups excluding carboxylic acids is 1. The number of Topliss-reactive ketones (excluding diaryl/α,β-unsaturated/α-hetero) is 1. The van der Waals surface area contributed by atoms with Crippen molar-refractivity contribution in [1.29, 1.82) is 0 Å². The third-order valence-corrected chi connectivity index (χ3v) is 9.47. The zero-order chi connectivity index (χ0) is 17.1. The molecular weight excluding hydrogens is 296 g/mol. The molecule has 0 bridgehead atoms. The van der Waals surface area contributed by atoms with Crippen molar-refractivity contribution in [1.82, 2.24) is 0 Å². The van der Waals surface area contributed by atoms with Gasteiger partial charge in [-0.05, 0) is 91.8 Å². The summed E-state index contributed by atoms with van der Waals surface area (Å²) >= 11 is 0. The number of fused-ring (bicyclic) bond motifs is 5. The Labute approximate surface area is 147 Å². The van der Waals surface area contributed by atoms with Crippen molar-refractivity contribution in [2.75, 3.05) is 6.61 Å². The van der Waals surface area contributed by atoms with E-state index in [1.807, 2.05) is 0 Å². The topological polar surface area (TPSA) is 37.3 Å². The summed E-state index contributed by atoms with van der Waals surface area (Å²) in [4.78, 5) is 12.3. The number of hydrogen-bond acceptors (Lipinski definition) is 2. The van der Waals surface area contributed by atoms with Gasteiger partial charge < -0.3 is 5.11 Å². The SMILES string of the molecule is C[C@H]1CC[C@@]2(C)C(CC[C@@H]3C2CC[C@@]2(C)C3CC[C@@H]2C(=O)CO)C1. The Morgan fingerprint density at radius 3 is 2.42 bits per heavy atom. The van der Waals surface area contributed by atoms with Gasteiger partial charge in [0, 0.05) is 5.92 Å². The predicted molar refractivity (Wildman–Crippen MR) is 96.5 cm³/mol. The first-order valence-electron chi connectivity index (χ1n) is 10.5. The highest BCUT2D eigenvalue weighted by molar-refractivity contribution is 5.83. The molecule has 1 N–H and O–H groups in total. The number of aliphatic hydroxyl groups is 1. The van der Waals surface area contributed by atoms with Gasteiger partial charge in [-0.2, -0.15) is 0 Å². The molecule has 0 aromatic carbocycles. The third-order valence-electron chi connectivity index (χ3n) is 9.47. The predicted octanol–water partition coefficient (Wildman–Crippen LogP) is 4.84. The maximum absolute atomic E-state index is 12.3. The van der Waals surface area contributed by atoms with Crippen LogP contribution in [0.25, 0.3) is 0 Å². The van der Waals surface area contributed by atoms with E-state index in [0.717, 1.165) is 36.0 Å². The highest BCUT2D eigenvalue weighted by Gasteiger charge is 2.60. The van der Waals surface area contributed by atoms with E-state index < -0.39 is 0 Å². The smallest absolute Gasteiger partial charge is 0.161 e. The maximum atomic E-state index is 12.3. The lowest BCUT2D eigenvalue weighted by atomic mass is 9.44. The molecule has 4 rings (SSSR count). The van der Waals surface area contributed by atoms with Crippen LogP contribution in [0, 0.1) is 46.3 Å². The van der Waals surface area contributed by atoms with Gasteiger partial charge in [0.05, 0.1) is 0 Å². The molecule has 0 aromatic rings. The number of rotatable bonds is 2. The fraction of sp³-hybridized carbons (Fsp3) is 0.955. The Hall–Kier alpha value is -0.370. The summed E-state index contributed by atoms with van der Waals surface area (Å²) in [5, 5.41) is 9.40. The van der Waals surface area contributed by atoms with Crippen LogP contribution in [0.3, 0.4) is 0 Å². The highest BCUT2D eigenvalue weighted by atomic mass is 16.3. The second kappa shape index (κ2) is 5.83. The van der Waals surface area contributed by atoms with Crippen LogP contribution >= 0.6 is 0 Å². The van der Waals surface area contributed by atoms with E-state index in [-0.39, 0.29) is 23.7 Å². The Kier molecular flexibility index (Phi) is 4.14. The zero-order valence-electron chi connectivity index (χ0n) is 15.9. The van der Waals surface area contributed by atoms with Gasteiger partial charge in [-0.15, -0.1) is 0 Å². The fourth-order valence-electron chi connectivity index (χ4n) is 8.11. The van der Waals surface area contributed by atoms with Crippen LogP contribution < -0.4 is 0 Å². The Balaban J connectivity index is 1.60. The van der Waals surface area contributed by atoms with Gasteiger partial charge in [0.1, 0.15) is 6.61 Å². The number of hydrogen-bond donors (Lipinski definition) is 1. The first-order valence-corrected chi connectivity index (χ1v) is 10.5. The van der Waals surface area contributed by atoms with E-state index in [0.29, 0.717) is 5.41 Å². The molecule has 0 aliphatic heterocycles. The molecule has 3 unspecified atom stereocenters. The van der Waals surface area contributed by atoms with E-state index in [9.17, 15) is 9.90 Å². The summed E-state index contributed by atoms with van der Waals surface area (Å²) in [5.41, 5.74) is 0.738. The maximum Gasteiger partial charge on any atom is 0.161 e. The van der Waals surface area contributed by atoms with Crippen molar-refractivity contribution >= 4 is 5.78 Å². The average molecular weight is 333 g/mol. The number of aliphatic hydroxyl groups excluding tert-OH is 1. The molecule has 8 atom stereocenters. The molecule has 136 valence electrons. The quantitative estimate of drug-likeness (QED) is 0.785. The van der Waals surface area contributed by atoms with Gasteiger partial charge in [0.25, 0.3) is 0 Å². The van der Waals surface area contributed by atoms with Crippen LogP contribution in [0.15, 0.2) is 0 Å². The summed E-state index contributed by atoms with van der Waals surface area (Å²) in [5.74, 6) is 4.58. The van der Waals surface area contributed by atoms with Crippen molar-refractivity contribution in [3.63, 3.8) is 0 Å². The summed E-state index contributed by atoms with van der Waals surface area (Å²) in [7, 11) is 0. The van der Waals surface area contributed by atoms with Gasteiger partial charge in [0.2, 0.25) is 0 Å². The zero-order valence-corrected chi connectivity index (χ0v) is 15.9. The number of carbonyl (C=O) groups is 1. The molecule has 2 heteroatoms. The summed E-state index contributed by atoms with van der Waals surface area (Å²) in [6.45, 7) is 7.20. The molecule has 0 aromatic heterocycles. The largest absolute Gasteiger partial charge is 0.389 e. The van der Waals surface area contributed by atoms with Gasteiger partial charge in [0.15, 0.2) is 5.78 Å². The lowest BCUT2D eigenvalue weighted by Crippen LogP contribution is -2.53. The molecule has 4 aliphatic carbocycles. The van der Waals surface area contributed by atoms with Crippen molar-refractivity contribution < 1.29 is 9.90 Å². The Morgan fingerprint density at radius 2 is 1.67 bits per heavy atom. The van der Waals surface area contributed by atoms with Gasteiger partial charge >= 0.3 is 0 Å². The Bertz CT molecular complexity index is 514. The van der Waals surface area contributed by atoms with E-state index in [1.165, 1.54) is 51.4 Å². The molecule has 2 nitrogen and oxygen atoms in total. The second-order valence-electron chi connectivity index (χ2n) is 10.3. The lowest BCUT2D eigenvalue weighted by molar-refractivity contribution is -0.138. The first kappa shape index (κ1) is 17.1. The van der Waals surface area contributed by atoms with E-state index >= 15 is 0 Å². The van der Waals surface area contributed by atoms with Gasteiger partial charge in [-0.25, -0.2) is 0 Å². The molecule has 24 heavy (non-hydrogen) atoms. The normalized spacial score (nSPS) is 53.8. The highest BCUT2D eigenvalue weighted by Crippen LogP contribution is 2.67. The monoisotopic (exact) mass is 332 g/mol. The van der Waals surface area contributed by atoms with Crippen LogP contribution in [0.5, 0.6) is 0 Å². The van der Waals surface area contributed by atoms with Gasteiger partial charge in [-0.3, -0.25) is 4.79 Å². The van der Waals surface area contributed by atoms with Crippen molar-refractivity contribution in [2.24, 2.45) is 46.3 Å². The summed E-state index contributed by atoms with van der Waals surface area (Å²) < 4.78 is 0. The van der Waals surface area contributed by atoms with Crippen LogP contribution in [0.4, 0.5) is 0 Å². The minimum atomic E-state index is -0.251. The van der Waals surface area contributed by atoms with Crippen molar-refractivity contribution in [3.8, 4) is 0 Å². The lowest BCUT2D eigenvalue weighted by Gasteiger charge is -2.61. The number of ketones is 1. The van der Waals surface area contributed by atoms with Crippen LogP contribution in [0.2, 0.25) is 0 Å². The van der Waals surface area contributed by atoms with E-state index in [2.05, 4.69) is 20.8 Å². The van der Waals surface area contributed by atoms with Crippen LogP contribution in [-0.4, -0.2) is 17.5 Å².